The molecule has 0 fully saturated rings. The van der Waals surface area contributed by atoms with E-state index in [1.807, 2.05) is 30.5 Å². The molecule has 0 saturated heterocycles. The maximum Gasteiger partial charge on any atom is 0.163 e. The van der Waals surface area contributed by atoms with Crippen LogP contribution in [0.2, 0.25) is 5.02 Å². The molecule has 1 unspecified atom stereocenters. The van der Waals surface area contributed by atoms with Gasteiger partial charge in [-0.05, 0) is 41.3 Å². The molecule has 6 heteroatoms. The van der Waals surface area contributed by atoms with E-state index in [4.69, 9.17) is 16.1 Å². The van der Waals surface area contributed by atoms with Gasteiger partial charge in [0.15, 0.2) is 8.30 Å². The Hall–Kier alpha value is -2.39. The zero-order chi connectivity index (χ0) is 21.3. The van der Waals surface area contributed by atoms with Crippen LogP contribution in [-0.4, -0.2) is 17.1 Å². The fraction of sp³-hybridized carbons (Fsp3) is 0.208. The molecule has 154 valence electrons. The molecule has 0 bridgehead atoms. The lowest BCUT2D eigenvalue weighted by Crippen LogP contribution is -2.14. The van der Waals surface area contributed by atoms with Crippen molar-refractivity contribution < 1.29 is 4.52 Å². The van der Waals surface area contributed by atoms with E-state index in [0.717, 1.165) is 33.2 Å². The number of hydrogen-bond acceptors (Lipinski definition) is 3. The third-order valence-corrected chi connectivity index (χ3v) is 6.91. The van der Waals surface area contributed by atoms with E-state index >= 15 is 0 Å². The van der Waals surface area contributed by atoms with Crippen LogP contribution in [0.5, 0.6) is 0 Å². The highest BCUT2D eigenvalue weighted by Crippen LogP contribution is 2.42. The van der Waals surface area contributed by atoms with Crippen molar-refractivity contribution in [1.82, 2.24) is 9.97 Å². The number of rotatable bonds is 5. The molecule has 30 heavy (non-hydrogen) atoms. The van der Waals surface area contributed by atoms with Crippen LogP contribution in [0.3, 0.4) is 0 Å². The van der Waals surface area contributed by atoms with E-state index in [1.165, 1.54) is 5.56 Å². The molecule has 0 aliphatic rings. The summed E-state index contributed by atoms with van der Waals surface area (Å²) in [5, 5.41) is 6.47. The Balaban J connectivity index is 1.70. The van der Waals surface area contributed by atoms with Gasteiger partial charge in [0.2, 0.25) is 0 Å². The van der Waals surface area contributed by atoms with E-state index in [9.17, 15) is 0 Å². The van der Waals surface area contributed by atoms with Gasteiger partial charge in [0.25, 0.3) is 0 Å². The third-order valence-electron chi connectivity index (χ3n) is 5.10. The average molecular weight is 438 g/mol. The third kappa shape index (κ3) is 4.22. The van der Waals surface area contributed by atoms with E-state index in [-0.39, 0.29) is 5.41 Å². The van der Waals surface area contributed by atoms with Crippen molar-refractivity contribution in [1.29, 1.82) is 0 Å². The quantitative estimate of drug-likeness (QED) is 0.335. The monoisotopic (exact) mass is 437 g/mol. The van der Waals surface area contributed by atoms with Crippen LogP contribution < -0.4 is 10.4 Å². The summed E-state index contributed by atoms with van der Waals surface area (Å²) in [5.74, 6) is 0. The van der Waals surface area contributed by atoms with Crippen molar-refractivity contribution in [3.8, 4) is 11.1 Å². The molecule has 1 atom stereocenters. The van der Waals surface area contributed by atoms with E-state index in [1.54, 1.807) is 13.3 Å². The highest BCUT2D eigenvalue weighted by atomic mass is 35.5. The van der Waals surface area contributed by atoms with Gasteiger partial charge in [-0.1, -0.05) is 56.6 Å². The second-order valence-corrected chi connectivity index (χ2v) is 10.3. The molecule has 2 aromatic carbocycles. The molecule has 0 spiro atoms. The second-order valence-electron chi connectivity index (χ2n) is 8.18. The van der Waals surface area contributed by atoms with Crippen molar-refractivity contribution in [2.24, 2.45) is 0 Å². The number of nitrogens with zero attached hydrogens (tertiary/aromatic N) is 1. The normalized spacial score (nSPS) is 12.8. The molecule has 0 aliphatic carbocycles. The van der Waals surface area contributed by atoms with Crippen LogP contribution in [0.25, 0.3) is 22.2 Å². The number of pyridine rings is 1. The van der Waals surface area contributed by atoms with Gasteiger partial charge in [-0.3, -0.25) is 0 Å². The van der Waals surface area contributed by atoms with Crippen LogP contribution in [0, 0.1) is 0 Å². The standard InChI is InChI=1S/C24H25ClN3OP/c1-24(2,3)16-7-10-18(11-8-16)30(29-4)28-22-12-9-17(25)14-20(22)21-15-27-23-19(21)6-5-13-26-23/h5-15,28H,1-4H3,(H,26,27). The van der Waals surface area contributed by atoms with Gasteiger partial charge in [-0.25, -0.2) is 4.98 Å². The molecule has 4 rings (SSSR count). The first kappa shape index (κ1) is 20.9. The summed E-state index contributed by atoms with van der Waals surface area (Å²) < 4.78 is 5.86. The molecule has 4 nitrogen and oxygen atoms in total. The van der Waals surface area contributed by atoms with Crippen LogP contribution >= 0.6 is 19.9 Å². The molecule has 0 amide bonds. The molecule has 4 aromatic rings. The highest BCUT2D eigenvalue weighted by Gasteiger charge is 2.18. The number of aromatic nitrogens is 2. The Labute approximate surface area is 183 Å². The number of benzene rings is 2. The van der Waals surface area contributed by atoms with Gasteiger partial charge in [0.05, 0.1) is 0 Å². The first-order valence-corrected chi connectivity index (χ1v) is 11.4. The first-order valence-electron chi connectivity index (χ1n) is 9.80. The molecule has 0 radical (unpaired) electrons. The second kappa shape index (κ2) is 8.39. The Morgan fingerprint density at radius 1 is 1.03 bits per heavy atom. The predicted octanol–water partition coefficient (Wildman–Crippen LogP) is 6.88. The molecular weight excluding hydrogens is 413 g/mol. The van der Waals surface area contributed by atoms with Crippen molar-refractivity contribution in [2.45, 2.75) is 26.2 Å². The average Bonchev–Trinajstić information content (AvgIpc) is 3.16. The van der Waals surface area contributed by atoms with Gasteiger partial charge in [-0.2, -0.15) is 0 Å². The number of halogens is 1. The topological polar surface area (TPSA) is 49.9 Å². The largest absolute Gasteiger partial charge is 0.346 e. The summed E-state index contributed by atoms with van der Waals surface area (Å²) in [6.07, 6.45) is 3.76. The van der Waals surface area contributed by atoms with Crippen molar-refractivity contribution >= 4 is 41.9 Å². The fourth-order valence-corrected chi connectivity index (χ4v) is 4.87. The number of fused-ring (bicyclic) bond motifs is 1. The Morgan fingerprint density at radius 3 is 2.50 bits per heavy atom. The molecular formula is C24H25ClN3OP. The Bertz CT molecular complexity index is 1170. The fourth-order valence-electron chi connectivity index (χ4n) is 3.44. The smallest absolute Gasteiger partial charge is 0.163 e. The summed E-state index contributed by atoms with van der Waals surface area (Å²) in [7, 11) is 0.696. The van der Waals surface area contributed by atoms with Crippen LogP contribution in [-0.2, 0) is 9.94 Å². The SMILES string of the molecule is COP(Nc1ccc(Cl)cc1-c1c[nH]c2ncccc12)c1ccc(C(C)(C)C)cc1. The van der Waals surface area contributed by atoms with Crippen molar-refractivity contribution in [3.05, 3.63) is 77.6 Å². The Kier molecular flexibility index (Phi) is 5.84. The number of anilines is 1. The Morgan fingerprint density at radius 2 is 1.80 bits per heavy atom. The molecule has 0 saturated carbocycles. The van der Waals surface area contributed by atoms with Gasteiger partial charge < -0.3 is 14.6 Å². The van der Waals surface area contributed by atoms with Crippen molar-refractivity contribution in [2.75, 3.05) is 12.2 Å². The summed E-state index contributed by atoms with van der Waals surface area (Å²) >= 11 is 6.35. The van der Waals surface area contributed by atoms with Crippen molar-refractivity contribution in [3.63, 3.8) is 0 Å². The summed E-state index contributed by atoms with van der Waals surface area (Å²) in [6, 6.07) is 18.5. The lowest BCUT2D eigenvalue weighted by molar-refractivity contribution is 0.471. The van der Waals surface area contributed by atoms with Gasteiger partial charge in [-0.15, -0.1) is 0 Å². The first-order chi connectivity index (χ1) is 14.4. The summed E-state index contributed by atoms with van der Waals surface area (Å²) in [4.78, 5) is 7.65. The molecule has 2 N–H and O–H groups in total. The zero-order valence-corrected chi connectivity index (χ0v) is 19.2. The van der Waals surface area contributed by atoms with E-state index in [0.29, 0.717) is 5.02 Å². The number of nitrogens with one attached hydrogen (secondary N) is 2. The summed E-state index contributed by atoms with van der Waals surface area (Å²) in [5.41, 5.74) is 5.31. The predicted molar refractivity (Wildman–Crippen MR) is 129 cm³/mol. The van der Waals surface area contributed by atoms with Gasteiger partial charge in [0, 0.05) is 52.0 Å². The van der Waals surface area contributed by atoms with Crippen LogP contribution in [0.1, 0.15) is 26.3 Å². The minimum Gasteiger partial charge on any atom is -0.346 e. The van der Waals surface area contributed by atoms with E-state index < -0.39 is 8.30 Å². The minimum atomic E-state index is -1.04. The maximum absolute atomic E-state index is 6.35. The van der Waals surface area contributed by atoms with Crippen LogP contribution in [0.4, 0.5) is 5.69 Å². The molecule has 2 heterocycles. The summed E-state index contributed by atoms with van der Waals surface area (Å²) in [6.45, 7) is 6.65. The zero-order valence-electron chi connectivity index (χ0n) is 17.5. The number of H-pyrrole nitrogens is 1. The minimum absolute atomic E-state index is 0.120. The maximum atomic E-state index is 6.35. The van der Waals surface area contributed by atoms with E-state index in [2.05, 4.69) is 66.2 Å². The lowest BCUT2D eigenvalue weighted by Gasteiger charge is -2.22. The van der Waals surface area contributed by atoms with Gasteiger partial charge in [0.1, 0.15) is 5.65 Å². The highest BCUT2D eigenvalue weighted by molar-refractivity contribution is 7.62. The number of hydrogen-bond donors (Lipinski definition) is 2. The molecule has 0 aliphatic heterocycles. The lowest BCUT2D eigenvalue weighted by atomic mass is 9.87. The van der Waals surface area contributed by atoms with Crippen LogP contribution in [0.15, 0.2) is 67.0 Å². The number of aromatic amines is 1. The molecule has 2 aromatic heterocycles. The van der Waals surface area contributed by atoms with Gasteiger partial charge >= 0.3 is 0 Å².